The third-order valence-electron chi connectivity index (χ3n) is 5.51. The smallest absolute Gasteiger partial charge is 0.260 e. The van der Waals surface area contributed by atoms with Crippen LogP contribution >= 0.6 is 0 Å². The summed E-state index contributed by atoms with van der Waals surface area (Å²) in [5.74, 6) is -8.48. The fourth-order valence-corrected chi connectivity index (χ4v) is 3.65. The lowest BCUT2D eigenvalue weighted by molar-refractivity contribution is 0.0760. The van der Waals surface area contributed by atoms with Crippen LogP contribution < -0.4 is 0 Å². The molecule has 0 spiro atoms. The van der Waals surface area contributed by atoms with E-state index in [2.05, 4.69) is 0 Å². The number of carbonyl (C=O) groups excluding carboxylic acids is 1. The molecule has 0 saturated heterocycles. The summed E-state index contributed by atoms with van der Waals surface area (Å²) < 4.78 is 59.2. The number of amides is 1. The summed E-state index contributed by atoms with van der Waals surface area (Å²) in [6.07, 6.45) is 0. The van der Waals surface area contributed by atoms with Gasteiger partial charge in [-0.1, -0.05) is 61.5 Å². The molecule has 2 nitrogen and oxygen atoms in total. The quantitative estimate of drug-likeness (QED) is 0.322. The van der Waals surface area contributed by atoms with Crippen LogP contribution in [0.15, 0.2) is 54.6 Å². The van der Waals surface area contributed by atoms with Gasteiger partial charge in [0.05, 0.1) is 0 Å². The minimum atomic E-state index is -1.67. The van der Waals surface area contributed by atoms with Crippen LogP contribution in [0.1, 0.15) is 48.2 Å². The van der Waals surface area contributed by atoms with Gasteiger partial charge in [-0.25, -0.2) is 17.6 Å². The zero-order valence-corrected chi connectivity index (χ0v) is 17.6. The van der Waals surface area contributed by atoms with Crippen molar-refractivity contribution in [1.82, 2.24) is 4.90 Å². The Kier molecular flexibility index (Phi) is 6.78. The number of benzene rings is 3. The van der Waals surface area contributed by atoms with Gasteiger partial charge in [0.25, 0.3) is 5.91 Å². The molecule has 3 aromatic rings. The maximum absolute atomic E-state index is 14.9. The second kappa shape index (κ2) is 9.33. The van der Waals surface area contributed by atoms with Crippen LogP contribution in [0.3, 0.4) is 0 Å². The lowest BCUT2D eigenvalue weighted by Gasteiger charge is -2.22. The van der Waals surface area contributed by atoms with Gasteiger partial charge in [-0.3, -0.25) is 4.79 Å². The molecule has 0 bridgehead atoms. The van der Waals surface area contributed by atoms with Crippen molar-refractivity contribution in [2.45, 2.75) is 26.7 Å². The van der Waals surface area contributed by atoms with Crippen LogP contribution in [0, 0.1) is 23.3 Å². The molecule has 0 saturated carbocycles. The van der Waals surface area contributed by atoms with Gasteiger partial charge >= 0.3 is 0 Å². The zero-order chi connectivity index (χ0) is 22.7. The largest absolute Gasteiger partial charge is 0.339 e. The molecular weight excluding hydrogens is 406 g/mol. The van der Waals surface area contributed by atoms with Crippen molar-refractivity contribution >= 4 is 5.91 Å². The Bertz CT molecular complexity index is 1050. The number of hydrogen-bond donors (Lipinski definition) is 0. The van der Waals surface area contributed by atoms with Gasteiger partial charge in [-0.2, -0.15) is 0 Å². The summed E-state index contributed by atoms with van der Waals surface area (Å²) in [5.41, 5.74) is 0.414. The van der Waals surface area contributed by atoms with E-state index in [0.29, 0.717) is 5.56 Å². The van der Waals surface area contributed by atoms with Crippen molar-refractivity contribution in [3.05, 3.63) is 94.6 Å². The average molecular weight is 429 g/mol. The molecule has 1 amide bonds. The summed E-state index contributed by atoms with van der Waals surface area (Å²) in [6, 6.07) is 16.4. The number of carbonyl (C=O) groups is 1. The van der Waals surface area contributed by atoms with Crippen molar-refractivity contribution in [3.63, 3.8) is 0 Å². The molecule has 0 aliphatic rings. The number of nitrogens with zero attached hydrogens (tertiary/aromatic N) is 1. The Morgan fingerprint density at radius 2 is 1.26 bits per heavy atom. The van der Waals surface area contributed by atoms with E-state index in [0.717, 1.165) is 16.0 Å². The second-order valence-electron chi connectivity index (χ2n) is 7.23. The Labute approximate surface area is 179 Å². The molecule has 0 heterocycles. The summed E-state index contributed by atoms with van der Waals surface area (Å²) in [5, 5.41) is 0. The van der Waals surface area contributed by atoms with Crippen LogP contribution in [0.25, 0.3) is 11.1 Å². The van der Waals surface area contributed by atoms with Crippen LogP contribution in [-0.4, -0.2) is 23.9 Å². The number of rotatable bonds is 6. The number of hydrogen-bond acceptors (Lipinski definition) is 1. The Morgan fingerprint density at radius 3 is 1.74 bits per heavy atom. The molecule has 0 radical (unpaired) electrons. The fraction of sp³-hybridized carbons (Fsp3) is 0.240. The zero-order valence-electron chi connectivity index (χ0n) is 17.6. The molecule has 162 valence electrons. The molecule has 0 aliphatic heterocycles. The topological polar surface area (TPSA) is 20.3 Å². The van der Waals surface area contributed by atoms with E-state index in [-0.39, 0.29) is 13.1 Å². The minimum absolute atomic E-state index is 0.156. The van der Waals surface area contributed by atoms with Gasteiger partial charge in [0.1, 0.15) is 5.56 Å². The normalized spacial score (nSPS) is 12.0. The Morgan fingerprint density at radius 1 is 0.774 bits per heavy atom. The third kappa shape index (κ3) is 4.20. The summed E-state index contributed by atoms with van der Waals surface area (Å²) >= 11 is 0. The Balaban J connectivity index is 2.02. The first-order valence-electron chi connectivity index (χ1n) is 10.1. The fourth-order valence-electron chi connectivity index (χ4n) is 3.65. The van der Waals surface area contributed by atoms with E-state index in [1.807, 2.05) is 30.3 Å². The Hall–Kier alpha value is -3.15. The van der Waals surface area contributed by atoms with Gasteiger partial charge in [0.15, 0.2) is 23.3 Å². The summed E-state index contributed by atoms with van der Waals surface area (Å²) in [6.45, 7) is 5.00. The molecule has 0 fully saturated rings. The van der Waals surface area contributed by atoms with Gasteiger partial charge in [0.2, 0.25) is 0 Å². The lowest BCUT2D eigenvalue weighted by Crippen LogP contribution is -2.33. The average Bonchev–Trinajstić information content (AvgIpc) is 2.79. The van der Waals surface area contributed by atoms with Gasteiger partial charge in [-0.05, 0) is 30.5 Å². The standard InChI is InChI=1S/C25H23F4NO/c1-4-30(5-2)25(31)20-23(28)21(26)19(22(27)24(20)29)15(3)16-11-13-18(14-12-16)17-9-7-6-8-10-17/h6-15H,4-5H2,1-3H3/t15-/m0/s1. The highest BCUT2D eigenvalue weighted by molar-refractivity contribution is 5.95. The molecule has 3 aromatic carbocycles. The first kappa shape index (κ1) is 22.5. The molecule has 3 rings (SSSR count). The van der Waals surface area contributed by atoms with E-state index in [4.69, 9.17) is 0 Å². The molecule has 31 heavy (non-hydrogen) atoms. The predicted octanol–water partition coefficient (Wildman–Crippen LogP) is 6.54. The van der Waals surface area contributed by atoms with Gasteiger partial charge in [0, 0.05) is 24.6 Å². The molecule has 0 aromatic heterocycles. The third-order valence-corrected chi connectivity index (χ3v) is 5.51. The monoisotopic (exact) mass is 429 g/mol. The van der Waals surface area contributed by atoms with E-state index < -0.39 is 46.2 Å². The van der Waals surface area contributed by atoms with E-state index in [1.54, 1.807) is 38.1 Å². The van der Waals surface area contributed by atoms with Gasteiger partial charge in [-0.15, -0.1) is 0 Å². The summed E-state index contributed by atoms with van der Waals surface area (Å²) in [7, 11) is 0. The maximum atomic E-state index is 14.9. The summed E-state index contributed by atoms with van der Waals surface area (Å²) in [4.78, 5) is 13.5. The van der Waals surface area contributed by atoms with Crippen molar-refractivity contribution in [1.29, 1.82) is 0 Å². The molecule has 0 unspecified atom stereocenters. The first-order valence-corrected chi connectivity index (χ1v) is 10.1. The van der Waals surface area contributed by atoms with Crippen molar-refractivity contribution < 1.29 is 22.4 Å². The van der Waals surface area contributed by atoms with Crippen LogP contribution in [-0.2, 0) is 0 Å². The predicted molar refractivity (Wildman–Crippen MR) is 113 cm³/mol. The van der Waals surface area contributed by atoms with Crippen LogP contribution in [0.4, 0.5) is 17.6 Å². The molecule has 0 N–H and O–H groups in total. The minimum Gasteiger partial charge on any atom is -0.339 e. The number of halogens is 4. The van der Waals surface area contributed by atoms with Crippen LogP contribution in [0.5, 0.6) is 0 Å². The van der Waals surface area contributed by atoms with Gasteiger partial charge < -0.3 is 4.90 Å². The SMILES string of the molecule is CCN(CC)C(=O)c1c(F)c(F)c([C@@H](C)c2ccc(-c3ccccc3)cc2)c(F)c1F. The molecule has 6 heteroatoms. The van der Waals surface area contributed by atoms with Crippen molar-refractivity contribution in [2.75, 3.05) is 13.1 Å². The highest BCUT2D eigenvalue weighted by Gasteiger charge is 2.33. The second-order valence-corrected chi connectivity index (χ2v) is 7.23. The van der Waals surface area contributed by atoms with E-state index in [9.17, 15) is 22.4 Å². The molecule has 0 aliphatic carbocycles. The first-order chi connectivity index (χ1) is 14.8. The van der Waals surface area contributed by atoms with E-state index in [1.165, 1.54) is 6.92 Å². The molecular formula is C25H23F4NO. The van der Waals surface area contributed by atoms with E-state index >= 15 is 0 Å². The highest BCUT2D eigenvalue weighted by atomic mass is 19.2. The molecule has 1 atom stereocenters. The lowest BCUT2D eigenvalue weighted by atomic mass is 9.89. The maximum Gasteiger partial charge on any atom is 0.260 e. The highest BCUT2D eigenvalue weighted by Crippen LogP contribution is 2.34. The van der Waals surface area contributed by atoms with Crippen molar-refractivity contribution in [3.8, 4) is 11.1 Å². The van der Waals surface area contributed by atoms with Crippen LogP contribution in [0.2, 0.25) is 0 Å². The van der Waals surface area contributed by atoms with Crippen molar-refractivity contribution in [2.24, 2.45) is 0 Å².